The van der Waals surface area contributed by atoms with Gasteiger partial charge in [0.25, 0.3) is 0 Å². The number of rotatable bonds is 3. The fraction of sp³-hybridized carbons (Fsp3) is 0.375. The molecule has 1 amide bonds. The van der Waals surface area contributed by atoms with Crippen molar-refractivity contribution < 1.29 is 14.3 Å². The lowest BCUT2D eigenvalue weighted by molar-refractivity contribution is -0.153. The Morgan fingerprint density at radius 2 is 2.10 bits per heavy atom. The number of carbonyl (C=O) groups excluding carboxylic acids is 2. The van der Waals surface area contributed by atoms with Gasteiger partial charge in [0, 0.05) is 17.1 Å². The normalized spacial score (nSPS) is 18.8. The number of amides is 1. The Bertz CT molecular complexity index is 556. The quantitative estimate of drug-likeness (QED) is 0.621. The van der Waals surface area contributed by atoms with Crippen LogP contribution < -0.4 is 0 Å². The third-order valence-electron chi connectivity index (χ3n) is 3.57. The van der Waals surface area contributed by atoms with Crippen molar-refractivity contribution in [2.45, 2.75) is 25.3 Å². The molecule has 1 saturated heterocycles. The monoisotopic (exact) mass is 351 g/mol. The summed E-state index contributed by atoms with van der Waals surface area (Å²) in [6.45, 7) is 0.596. The first-order chi connectivity index (χ1) is 10.1. The minimum atomic E-state index is -0.458. The van der Waals surface area contributed by atoms with Gasteiger partial charge in [0.05, 0.1) is 7.11 Å². The van der Waals surface area contributed by atoms with E-state index in [4.69, 9.17) is 4.74 Å². The van der Waals surface area contributed by atoms with Gasteiger partial charge >= 0.3 is 5.97 Å². The Labute approximate surface area is 132 Å². The Kier molecular flexibility index (Phi) is 5.56. The first-order valence-electron chi connectivity index (χ1n) is 6.94. The van der Waals surface area contributed by atoms with Crippen molar-refractivity contribution in [3.05, 3.63) is 40.4 Å². The summed E-state index contributed by atoms with van der Waals surface area (Å²) in [4.78, 5) is 25.7. The van der Waals surface area contributed by atoms with E-state index in [1.54, 1.807) is 11.0 Å². The van der Waals surface area contributed by atoms with Gasteiger partial charge < -0.3 is 9.64 Å². The lowest BCUT2D eigenvalue weighted by atomic mass is 10.0. The Morgan fingerprint density at radius 1 is 1.33 bits per heavy atom. The van der Waals surface area contributed by atoms with E-state index in [9.17, 15) is 9.59 Å². The molecular formula is C16H18BrNO3. The fourth-order valence-electron chi connectivity index (χ4n) is 2.44. The second-order valence-electron chi connectivity index (χ2n) is 4.92. The molecule has 1 aromatic rings. The molecule has 1 fully saturated rings. The lowest BCUT2D eigenvalue weighted by Crippen LogP contribution is -2.47. The zero-order chi connectivity index (χ0) is 15.2. The highest BCUT2D eigenvalue weighted by Gasteiger charge is 2.31. The zero-order valence-corrected chi connectivity index (χ0v) is 13.5. The van der Waals surface area contributed by atoms with Crippen LogP contribution in [0.4, 0.5) is 0 Å². The van der Waals surface area contributed by atoms with Gasteiger partial charge in [-0.05, 0) is 37.0 Å². The highest BCUT2D eigenvalue weighted by Crippen LogP contribution is 2.20. The van der Waals surface area contributed by atoms with Crippen LogP contribution in [-0.2, 0) is 14.3 Å². The van der Waals surface area contributed by atoms with Crippen LogP contribution in [0.25, 0.3) is 6.08 Å². The molecule has 1 heterocycles. The number of halogens is 1. The van der Waals surface area contributed by atoms with Crippen molar-refractivity contribution in [2.24, 2.45) is 0 Å². The average molecular weight is 352 g/mol. The number of methoxy groups -OCH3 is 1. The number of piperidine rings is 1. The number of likely N-dealkylation sites (tertiary alicyclic amines) is 1. The number of nitrogens with zero attached hydrogens (tertiary/aromatic N) is 1. The summed E-state index contributed by atoms with van der Waals surface area (Å²) in [7, 11) is 1.36. The molecule has 0 aromatic heterocycles. The van der Waals surface area contributed by atoms with E-state index in [0.717, 1.165) is 22.9 Å². The number of benzene rings is 1. The summed E-state index contributed by atoms with van der Waals surface area (Å²) >= 11 is 3.44. The van der Waals surface area contributed by atoms with Gasteiger partial charge in [-0.2, -0.15) is 0 Å². The molecule has 0 radical (unpaired) electrons. The van der Waals surface area contributed by atoms with Crippen LogP contribution in [0.2, 0.25) is 0 Å². The number of esters is 1. The Balaban J connectivity index is 2.11. The first-order valence-corrected chi connectivity index (χ1v) is 7.74. The molecule has 112 valence electrons. The van der Waals surface area contributed by atoms with Crippen LogP contribution in [0.5, 0.6) is 0 Å². The van der Waals surface area contributed by atoms with Crippen LogP contribution in [0.1, 0.15) is 24.8 Å². The molecule has 5 heteroatoms. The lowest BCUT2D eigenvalue weighted by Gasteiger charge is -2.32. The number of carbonyl (C=O) groups is 2. The highest BCUT2D eigenvalue weighted by molar-refractivity contribution is 9.10. The fourth-order valence-corrected chi connectivity index (χ4v) is 2.86. The second-order valence-corrected chi connectivity index (χ2v) is 5.78. The van der Waals surface area contributed by atoms with Crippen molar-refractivity contribution in [3.8, 4) is 0 Å². The van der Waals surface area contributed by atoms with Gasteiger partial charge in [-0.1, -0.05) is 34.1 Å². The van der Waals surface area contributed by atoms with Gasteiger partial charge in [-0.3, -0.25) is 4.79 Å². The smallest absolute Gasteiger partial charge is 0.328 e. The third-order valence-corrected chi connectivity index (χ3v) is 4.29. The van der Waals surface area contributed by atoms with Gasteiger partial charge in [0.15, 0.2) is 0 Å². The third kappa shape index (κ3) is 3.94. The van der Waals surface area contributed by atoms with Gasteiger partial charge in [-0.15, -0.1) is 0 Å². The van der Waals surface area contributed by atoms with Crippen LogP contribution in [0.3, 0.4) is 0 Å². The van der Waals surface area contributed by atoms with E-state index in [2.05, 4.69) is 15.9 Å². The number of hydrogen-bond acceptors (Lipinski definition) is 3. The maximum atomic E-state index is 12.3. The topological polar surface area (TPSA) is 46.6 Å². The summed E-state index contributed by atoms with van der Waals surface area (Å²) in [6.07, 6.45) is 5.80. The summed E-state index contributed by atoms with van der Waals surface area (Å²) in [5, 5.41) is 0. The zero-order valence-electron chi connectivity index (χ0n) is 11.9. The molecule has 2 rings (SSSR count). The van der Waals surface area contributed by atoms with Crippen molar-refractivity contribution in [3.63, 3.8) is 0 Å². The maximum absolute atomic E-state index is 12.3. The predicted molar refractivity (Wildman–Crippen MR) is 84.5 cm³/mol. The van der Waals surface area contributed by atoms with E-state index in [1.165, 1.54) is 13.2 Å². The molecule has 1 aliphatic heterocycles. The molecular weight excluding hydrogens is 334 g/mol. The van der Waals surface area contributed by atoms with Crippen LogP contribution >= 0.6 is 15.9 Å². The molecule has 1 atom stereocenters. The maximum Gasteiger partial charge on any atom is 0.328 e. The largest absolute Gasteiger partial charge is 0.467 e. The van der Waals surface area contributed by atoms with Crippen LogP contribution in [0, 0.1) is 0 Å². The second kappa shape index (κ2) is 7.41. The van der Waals surface area contributed by atoms with Crippen LogP contribution in [0.15, 0.2) is 34.8 Å². The molecule has 21 heavy (non-hydrogen) atoms. The Hall–Kier alpha value is -1.62. The van der Waals surface area contributed by atoms with E-state index < -0.39 is 6.04 Å². The minimum absolute atomic E-state index is 0.152. The standard InChI is InChI=1S/C16H18BrNO3/c1-21-16(20)14-8-4-5-11-18(14)15(19)10-9-12-6-2-3-7-13(12)17/h2-3,6-7,9-10,14H,4-5,8,11H2,1H3/b10-9+/t14-/m1/s1. The highest BCUT2D eigenvalue weighted by atomic mass is 79.9. The molecule has 0 aliphatic carbocycles. The van der Waals surface area contributed by atoms with E-state index >= 15 is 0 Å². The SMILES string of the molecule is COC(=O)[C@H]1CCCCN1C(=O)/C=C/c1ccccc1Br. The van der Waals surface area contributed by atoms with E-state index in [1.807, 2.05) is 24.3 Å². The average Bonchev–Trinajstić information content (AvgIpc) is 2.53. The summed E-state index contributed by atoms with van der Waals surface area (Å²) in [5.74, 6) is -0.488. The van der Waals surface area contributed by atoms with Gasteiger partial charge in [0.2, 0.25) is 5.91 Å². The molecule has 4 nitrogen and oxygen atoms in total. The molecule has 0 saturated carbocycles. The summed E-state index contributed by atoms with van der Waals surface area (Å²) < 4.78 is 5.72. The number of hydrogen-bond donors (Lipinski definition) is 0. The van der Waals surface area contributed by atoms with E-state index in [-0.39, 0.29) is 11.9 Å². The molecule has 0 N–H and O–H groups in total. The molecule has 1 aliphatic rings. The molecule has 1 aromatic carbocycles. The minimum Gasteiger partial charge on any atom is -0.467 e. The predicted octanol–water partition coefficient (Wildman–Crippen LogP) is 3.02. The van der Waals surface area contributed by atoms with Crippen LogP contribution in [-0.4, -0.2) is 36.5 Å². The first kappa shape index (κ1) is 15.8. The van der Waals surface area contributed by atoms with Gasteiger partial charge in [0.1, 0.15) is 6.04 Å². The van der Waals surface area contributed by atoms with Crippen molar-refractivity contribution in [2.75, 3.05) is 13.7 Å². The van der Waals surface area contributed by atoms with Crippen molar-refractivity contribution in [1.29, 1.82) is 0 Å². The van der Waals surface area contributed by atoms with Gasteiger partial charge in [-0.25, -0.2) is 4.79 Å². The molecule has 0 spiro atoms. The van der Waals surface area contributed by atoms with Crippen molar-refractivity contribution in [1.82, 2.24) is 4.90 Å². The Morgan fingerprint density at radius 3 is 2.81 bits per heavy atom. The number of ether oxygens (including phenoxy) is 1. The summed E-state index contributed by atoms with van der Waals surface area (Å²) in [5.41, 5.74) is 0.928. The molecule has 0 unspecified atom stereocenters. The molecule has 0 bridgehead atoms. The van der Waals surface area contributed by atoms with Crippen molar-refractivity contribution >= 4 is 33.9 Å². The summed E-state index contributed by atoms with van der Waals surface area (Å²) in [6, 6.07) is 7.21. The van der Waals surface area contributed by atoms with E-state index in [0.29, 0.717) is 13.0 Å².